The van der Waals surface area contributed by atoms with Crippen molar-refractivity contribution >= 4 is 46.0 Å². The molecule has 0 bridgehead atoms. The number of nitrogens with zero attached hydrogens (tertiary/aromatic N) is 2. The van der Waals surface area contributed by atoms with Gasteiger partial charge in [-0.05, 0) is 48.3 Å². The maximum Gasteiger partial charge on any atom is 0.380 e. The Hall–Kier alpha value is -3.00. The maximum atomic E-state index is 15.5. The van der Waals surface area contributed by atoms with Crippen LogP contribution in [0.1, 0.15) is 25.0 Å². The van der Waals surface area contributed by atoms with Gasteiger partial charge in [0.25, 0.3) is 11.4 Å². The zero-order valence-electron chi connectivity index (χ0n) is 18.6. The third-order valence-corrected chi connectivity index (χ3v) is 10.8. The number of thioether (sulfide) groups is 2. The zero-order chi connectivity index (χ0) is 27.1. The Morgan fingerprint density at radius 2 is 1.00 bits per heavy atom. The molecule has 0 N–H and O–H groups in total. The van der Waals surface area contributed by atoms with Gasteiger partial charge in [0.05, 0.1) is 19.3 Å². The third kappa shape index (κ3) is 2.53. The molecule has 2 heterocycles. The molecule has 0 amide bonds. The van der Waals surface area contributed by atoms with E-state index in [1.165, 1.54) is 13.8 Å². The predicted octanol–water partition coefficient (Wildman–Crippen LogP) is 7.37. The zero-order valence-corrected chi connectivity index (χ0v) is 20.2. The van der Waals surface area contributed by atoms with Crippen molar-refractivity contribution in [3.63, 3.8) is 0 Å². The van der Waals surface area contributed by atoms with E-state index in [-0.39, 0.29) is 32.3 Å². The topological polar surface area (TPSA) is 86.3 Å². The fraction of sp³-hybridized carbons (Fsp3) is 0.304. The van der Waals surface area contributed by atoms with E-state index in [9.17, 15) is 29.0 Å². The fourth-order valence-electron chi connectivity index (χ4n) is 5.69. The maximum absolute atomic E-state index is 15.5. The molecule has 0 unspecified atom stereocenters. The summed E-state index contributed by atoms with van der Waals surface area (Å²) in [6.45, 7) is 2.89. The van der Waals surface area contributed by atoms with Crippen molar-refractivity contribution in [1.82, 2.24) is 0 Å². The van der Waals surface area contributed by atoms with Crippen LogP contribution in [0.15, 0.2) is 57.3 Å². The number of benzene rings is 2. The summed E-state index contributed by atoms with van der Waals surface area (Å²) in [4.78, 5) is 21.4. The highest BCUT2D eigenvalue weighted by Crippen LogP contribution is 2.78. The lowest BCUT2D eigenvalue weighted by atomic mass is 9.68. The van der Waals surface area contributed by atoms with Gasteiger partial charge in [0.1, 0.15) is 0 Å². The molecule has 2 aliphatic heterocycles. The van der Waals surface area contributed by atoms with Gasteiger partial charge < -0.3 is 0 Å². The van der Waals surface area contributed by atoms with Crippen molar-refractivity contribution < 1.29 is 36.2 Å². The number of alkyl halides is 6. The number of rotatable bonds is 2. The second kappa shape index (κ2) is 6.70. The number of halogens is 6. The van der Waals surface area contributed by atoms with Crippen LogP contribution in [0.25, 0.3) is 11.1 Å². The average Bonchev–Trinajstić information content (AvgIpc) is 3.31. The predicted molar refractivity (Wildman–Crippen MR) is 123 cm³/mol. The minimum atomic E-state index is -5.76. The quantitative estimate of drug-likeness (QED) is 0.217. The highest BCUT2D eigenvalue weighted by atomic mass is 32.2. The van der Waals surface area contributed by atoms with Gasteiger partial charge >= 0.3 is 17.8 Å². The fourth-order valence-corrected chi connectivity index (χ4v) is 8.97. The van der Waals surface area contributed by atoms with Crippen LogP contribution >= 0.6 is 23.5 Å². The van der Waals surface area contributed by atoms with E-state index in [0.717, 1.165) is 59.9 Å². The molecule has 0 aromatic heterocycles. The van der Waals surface area contributed by atoms with Crippen LogP contribution in [-0.2, 0) is 0 Å². The lowest BCUT2D eigenvalue weighted by molar-refractivity contribution is -0.385. The Morgan fingerprint density at radius 3 is 1.32 bits per heavy atom. The number of allylic oxidation sites excluding steroid dienone is 2. The molecule has 6 rings (SSSR count). The van der Waals surface area contributed by atoms with Crippen molar-refractivity contribution in [2.75, 3.05) is 0 Å². The number of fused-ring (bicyclic) bond motifs is 8. The van der Waals surface area contributed by atoms with E-state index in [1.54, 1.807) is 0 Å². The van der Waals surface area contributed by atoms with Crippen LogP contribution < -0.4 is 0 Å². The summed E-state index contributed by atoms with van der Waals surface area (Å²) < 4.78 is 88.5. The lowest BCUT2D eigenvalue weighted by Crippen LogP contribution is -2.47. The van der Waals surface area contributed by atoms with Gasteiger partial charge in [0.2, 0.25) is 0 Å². The molecule has 1 fully saturated rings. The summed E-state index contributed by atoms with van der Waals surface area (Å²) in [5.41, 5.74) is -4.79. The first-order valence-corrected chi connectivity index (χ1v) is 12.2. The number of hydrogen-bond donors (Lipinski definition) is 0. The van der Waals surface area contributed by atoms with Crippen molar-refractivity contribution in [1.29, 1.82) is 0 Å². The van der Waals surface area contributed by atoms with Crippen LogP contribution in [0.4, 0.5) is 37.7 Å². The second-order valence-corrected chi connectivity index (χ2v) is 12.3. The van der Waals surface area contributed by atoms with E-state index in [2.05, 4.69) is 0 Å². The molecule has 14 heteroatoms. The molecule has 2 aromatic rings. The SMILES string of the molecule is C[C@]12Sc3cc([N+](=O)[O-])ccc3C1=C1C(=C3c4ccc([N+](=O)[O-])cc4S[C@@]32C)C(F)(F)C(F)(F)C1(F)F. The van der Waals surface area contributed by atoms with Gasteiger partial charge in [-0.1, -0.05) is 0 Å². The summed E-state index contributed by atoms with van der Waals surface area (Å²) in [7, 11) is 0. The van der Waals surface area contributed by atoms with Crippen LogP contribution in [-0.4, -0.2) is 37.1 Å². The second-order valence-electron chi connectivity index (χ2n) is 9.37. The van der Waals surface area contributed by atoms with E-state index in [1.807, 2.05) is 0 Å². The Morgan fingerprint density at radius 1 is 0.649 bits per heavy atom. The van der Waals surface area contributed by atoms with Gasteiger partial charge in [-0.2, -0.15) is 26.3 Å². The average molecular weight is 558 g/mol. The number of nitro benzene ring substituents is 2. The van der Waals surface area contributed by atoms with E-state index in [4.69, 9.17) is 0 Å². The van der Waals surface area contributed by atoms with Gasteiger partial charge in [0, 0.05) is 45.2 Å². The molecule has 0 radical (unpaired) electrons. The highest BCUT2D eigenvalue weighted by Gasteiger charge is 2.84. The summed E-state index contributed by atoms with van der Waals surface area (Å²) in [6.07, 6.45) is 0. The lowest BCUT2D eigenvalue weighted by Gasteiger charge is -2.47. The largest absolute Gasteiger partial charge is 0.380 e. The molecule has 37 heavy (non-hydrogen) atoms. The smallest absolute Gasteiger partial charge is 0.258 e. The molecule has 2 aromatic carbocycles. The van der Waals surface area contributed by atoms with Gasteiger partial charge in [0.15, 0.2) is 0 Å². The van der Waals surface area contributed by atoms with Crippen LogP contribution in [0.2, 0.25) is 0 Å². The molecule has 0 saturated heterocycles. The van der Waals surface area contributed by atoms with Crippen LogP contribution in [0.5, 0.6) is 0 Å². The normalized spacial score (nSPS) is 29.4. The molecular formula is C23H12F6N2O4S2. The van der Waals surface area contributed by atoms with Crippen molar-refractivity contribution in [2.45, 2.75) is 50.9 Å². The first-order valence-electron chi connectivity index (χ1n) is 10.6. The van der Waals surface area contributed by atoms with Crippen molar-refractivity contribution in [3.8, 4) is 0 Å². The third-order valence-electron chi connectivity index (χ3n) is 7.55. The summed E-state index contributed by atoms with van der Waals surface area (Å²) in [6, 6.07) is 6.43. The number of hydrogen-bond acceptors (Lipinski definition) is 6. The summed E-state index contributed by atoms with van der Waals surface area (Å²) >= 11 is 1.77. The van der Waals surface area contributed by atoms with Gasteiger partial charge in [-0.15, -0.1) is 23.5 Å². The van der Waals surface area contributed by atoms with Crippen LogP contribution in [0, 0.1) is 20.2 Å². The molecule has 2 aliphatic carbocycles. The Balaban J connectivity index is 1.77. The minimum absolute atomic E-state index is 0.0680. The molecule has 6 nitrogen and oxygen atoms in total. The van der Waals surface area contributed by atoms with E-state index in [0.29, 0.717) is 0 Å². The van der Waals surface area contributed by atoms with Crippen molar-refractivity contribution in [3.05, 3.63) is 78.9 Å². The molecule has 2 atom stereocenters. The minimum Gasteiger partial charge on any atom is -0.258 e. The first kappa shape index (κ1) is 24.3. The standard InChI is InChI=1S/C23H12F6N2O4S2/c1-19-15(11-5-3-9(30(32)33)7-13(11)36-19)17-18(22(26,27)23(28,29)21(17,24)25)16-12-6-4-10(31(34)35)8-14(12)37-20(16,19)2/h3-8H,1-2H3/t19-,20-/m0/s1. The summed E-state index contributed by atoms with van der Waals surface area (Å²) in [5, 5.41) is 22.7. The number of non-ortho nitro benzene ring substituents is 2. The molecule has 192 valence electrons. The van der Waals surface area contributed by atoms with Gasteiger partial charge in [-0.3, -0.25) is 20.2 Å². The highest BCUT2D eigenvalue weighted by molar-refractivity contribution is 8.06. The van der Waals surface area contributed by atoms with Gasteiger partial charge in [-0.25, -0.2) is 0 Å². The van der Waals surface area contributed by atoms with E-state index < -0.39 is 59.4 Å². The number of nitro groups is 2. The van der Waals surface area contributed by atoms with Crippen molar-refractivity contribution in [2.24, 2.45) is 0 Å². The molecule has 4 aliphatic rings. The van der Waals surface area contributed by atoms with E-state index >= 15 is 17.6 Å². The van der Waals surface area contributed by atoms with Crippen LogP contribution in [0.3, 0.4) is 0 Å². The monoisotopic (exact) mass is 558 g/mol. The summed E-state index contributed by atoms with van der Waals surface area (Å²) in [5.74, 6) is -16.3. The first-order chi connectivity index (χ1) is 17.0. The molecule has 0 spiro atoms. The Bertz CT molecular complexity index is 1460. The molecule has 1 saturated carbocycles. The Labute approximate surface area is 212 Å². The Kier molecular flexibility index (Phi) is 4.41. The molecular weight excluding hydrogens is 546 g/mol.